The fourth-order valence-electron chi connectivity index (χ4n) is 4.84. The Morgan fingerprint density at radius 2 is 1.72 bits per heavy atom. The molecule has 1 aromatic heterocycles. The molecule has 1 saturated heterocycles. The number of methoxy groups -OCH3 is 1. The molecule has 0 N–H and O–H groups in total. The van der Waals surface area contributed by atoms with E-state index in [1.807, 2.05) is 47.4 Å². The zero-order chi connectivity index (χ0) is 24.9. The number of aryl methyl sites for hydroxylation is 1. The van der Waals surface area contributed by atoms with Crippen LogP contribution in [0.2, 0.25) is 0 Å². The molecule has 1 atom stereocenters. The number of imidazole rings is 1. The monoisotopic (exact) mass is 487 g/mol. The number of rotatable bonds is 10. The molecule has 1 amide bonds. The Kier molecular flexibility index (Phi) is 7.16. The highest BCUT2D eigenvalue weighted by molar-refractivity contribution is 5.81. The molecular formula is C29H30FN3O3. The summed E-state index contributed by atoms with van der Waals surface area (Å²) < 4.78 is 26.8. The Morgan fingerprint density at radius 3 is 2.53 bits per heavy atom. The first kappa shape index (κ1) is 23.9. The maximum absolute atomic E-state index is 13.3. The zero-order valence-electron chi connectivity index (χ0n) is 20.4. The van der Waals surface area contributed by atoms with E-state index in [2.05, 4.69) is 10.6 Å². The smallest absolute Gasteiger partial charge is 0.223 e. The SMILES string of the molecule is COc1ccccc1OCCCCn1c(C2CC(=O)N(Cc3ccc(F)cc3)C2)nc2ccccc21. The number of hydrogen-bond donors (Lipinski definition) is 0. The van der Waals surface area contributed by atoms with Crippen LogP contribution in [0.4, 0.5) is 4.39 Å². The van der Waals surface area contributed by atoms with Gasteiger partial charge in [-0.2, -0.15) is 0 Å². The quantitative estimate of drug-likeness (QED) is 0.275. The van der Waals surface area contributed by atoms with E-state index >= 15 is 0 Å². The predicted octanol–water partition coefficient (Wildman–Crippen LogP) is 5.56. The molecule has 1 aliphatic rings. The summed E-state index contributed by atoms with van der Waals surface area (Å²) >= 11 is 0. The lowest BCUT2D eigenvalue weighted by molar-refractivity contribution is -0.128. The highest BCUT2D eigenvalue weighted by Crippen LogP contribution is 2.32. The van der Waals surface area contributed by atoms with Crippen molar-refractivity contribution in [3.63, 3.8) is 0 Å². The van der Waals surface area contributed by atoms with Crippen LogP contribution in [0, 0.1) is 5.82 Å². The van der Waals surface area contributed by atoms with E-state index < -0.39 is 0 Å². The molecule has 0 spiro atoms. The van der Waals surface area contributed by atoms with Crippen molar-refractivity contribution in [3.8, 4) is 11.5 Å². The number of fused-ring (bicyclic) bond motifs is 1. The molecule has 0 bridgehead atoms. The van der Waals surface area contributed by atoms with Gasteiger partial charge in [0.25, 0.3) is 0 Å². The molecule has 7 heteroatoms. The Balaban J connectivity index is 1.25. The molecule has 6 nitrogen and oxygen atoms in total. The second-order valence-electron chi connectivity index (χ2n) is 9.12. The van der Waals surface area contributed by atoms with Gasteiger partial charge in [0.15, 0.2) is 11.5 Å². The summed E-state index contributed by atoms with van der Waals surface area (Å²) in [6.07, 6.45) is 2.23. The average Bonchev–Trinajstić information content (AvgIpc) is 3.45. The fourth-order valence-corrected chi connectivity index (χ4v) is 4.84. The molecule has 0 saturated carbocycles. The lowest BCUT2D eigenvalue weighted by Gasteiger charge is -2.17. The molecule has 36 heavy (non-hydrogen) atoms. The number of para-hydroxylation sites is 4. The Morgan fingerprint density at radius 1 is 0.972 bits per heavy atom. The minimum Gasteiger partial charge on any atom is -0.493 e. The Bertz CT molecular complexity index is 1340. The molecular weight excluding hydrogens is 457 g/mol. The minimum atomic E-state index is -0.272. The number of nitrogens with zero attached hydrogens (tertiary/aromatic N) is 3. The standard InChI is InChI=1S/C29H30FN3O3/c1-35-26-10-4-5-11-27(26)36-17-7-6-16-33-25-9-3-2-8-24(25)31-29(33)22-18-28(34)32(20-22)19-21-12-14-23(30)15-13-21/h2-5,8-15,22H,6-7,16-20H2,1H3. The second-order valence-corrected chi connectivity index (χ2v) is 9.12. The summed E-state index contributed by atoms with van der Waals surface area (Å²) in [5, 5.41) is 0. The number of aromatic nitrogens is 2. The molecule has 0 aliphatic carbocycles. The number of likely N-dealkylation sites (tertiary alicyclic amines) is 1. The molecule has 1 aliphatic heterocycles. The van der Waals surface area contributed by atoms with Gasteiger partial charge in [-0.25, -0.2) is 9.37 Å². The van der Waals surface area contributed by atoms with Crippen LogP contribution in [0.25, 0.3) is 11.0 Å². The molecule has 1 unspecified atom stereocenters. The third-order valence-electron chi connectivity index (χ3n) is 6.65. The topological polar surface area (TPSA) is 56.6 Å². The van der Waals surface area contributed by atoms with E-state index in [4.69, 9.17) is 14.5 Å². The summed E-state index contributed by atoms with van der Waals surface area (Å²) in [4.78, 5) is 19.6. The van der Waals surface area contributed by atoms with Crippen LogP contribution >= 0.6 is 0 Å². The summed E-state index contributed by atoms with van der Waals surface area (Å²) in [7, 11) is 1.64. The van der Waals surface area contributed by atoms with Crippen molar-refractivity contribution in [1.82, 2.24) is 14.5 Å². The van der Waals surface area contributed by atoms with Gasteiger partial charge in [-0.3, -0.25) is 4.79 Å². The van der Waals surface area contributed by atoms with Gasteiger partial charge in [-0.1, -0.05) is 36.4 Å². The molecule has 5 rings (SSSR count). The van der Waals surface area contributed by atoms with Gasteiger partial charge in [0, 0.05) is 32.0 Å². The average molecular weight is 488 g/mol. The maximum atomic E-state index is 13.3. The molecule has 1 fully saturated rings. The number of benzene rings is 3. The minimum absolute atomic E-state index is 0.0233. The van der Waals surface area contributed by atoms with Crippen molar-refractivity contribution in [1.29, 1.82) is 0 Å². The highest BCUT2D eigenvalue weighted by atomic mass is 19.1. The fraction of sp³-hybridized carbons (Fsp3) is 0.310. The van der Waals surface area contributed by atoms with Crippen LogP contribution in [0.3, 0.4) is 0 Å². The summed E-state index contributed by atoms with van der Waals surface area (Å²) in [6.45, 7) is 2.48. The van der Waals surface area contributed by atoms with Crippen LogP contribution in [0.1, 0.15) is 36.6 Å². The van der Waals surface area contributed by atoms with Gasteiger partial charge in [-0.15, -0.1) is 0 Å². The number of amides is 1. The lowest BCUT2D eigenvalue weighted by atomic mass is 10.1. The van der Waals surface area contributed by atoms with E-state index in [0.717, 1.165) is 53.3 Å². The zero-order valence-corrected chi connectivity index (χ0v) is 20.4. The first-order chi connectivity index (χ1) is 17.6. The first-order valence-electron chi connectivity index (χ1n) is 12.4. The third-order valence-corrected chi connectivity index (χ3v) is 6.65. The van der Waals surface area contributed by atoms with Gasteiger partial charge < -0.3 is 18.9 Å². The van der Waals surface area contributed by atoms with Gasteiger partial charge >= 0.3 is 0 Å². The Labute approximate surface area is 210 Å². The first-order valence-corrected chi connectivity index (χ1v) is 12.4. The number of ether oxygens (including phenoxy) is 2. The van der Waals surface area contributed by atoms with Crippen molar-refractivity contribution in [3.05, 3.63) is 90.0 Å². The molecule has 4 aromatic rings. The molecule has 3 aromatic carbocycles. The van der Waals surface area contributed by atoms with Crippen molar-refractivity contribution in [2.75, 3.05) is 20.3 Å². The lowest BCUT2D eigenvalue weighted by Crippen LogP contribution is -2.24. The van der Waals surface area contributed by atoms with E-state index in [1.165, 1.54) is 12.1 Å². The number of carbonyl (C=O) groups excluding carboxylic acids is 1. The molecule has 186 valence electrons. The summed E-state index contributed by atoms with van der Waals surface area (Å²) in [5.74, 6) is 2.29. The van der Waals surface area contributed by atoms with Crippen molar-refractivity contribution in [2.45, 2.75) is 38.3 Å². The van der Waals surface area contributed by atoms with E-state index in [-0.39, 0.29) is 17.6 Å². The van der Waals surface area contributed by atoms with Gasteiger partial charge in [0.2, 0.25) is 5.91 Å². The van der Waals surface area contributed by atoms with E-state index in [0.29, 0.717) is 26.1 Å². The number of unbranched alkanes of at least 4 members (excludes halogenated alkanes) is 1. The van der Waals surface area contributed by atoms with Crippen LogP contribution in [-0.4, -0.2) is 40.6 Å². The van der Waals surface area contributed by atoms with Gasteiger partial charge in [0.1, 0.15) is 11.6 Å². The number of halogens is 1. The molecule has 2 heterocycles. The normalized spacial score (nSPS) is 15.6. The van der Waals surface area contributed by atoms with Gasteiger partial charge in [0.05, 0.1) is 24.8 Å². The highest BCUT2D eigenvalue weighted by Gasteiger charge is 2.33. The van der Waals surface area contributed by atoms with Crippen molar-refractivity contribution >= 4 is 16.9 Å². The predicted molar refractivity (Wildman–Crippen MR) is 137 cm³/mol. The van der Waals surface area contributed by atoms with Crippen LogP contribution in [0.5, 0.6) is 11.5 Å². The van der Waals surface area contributed by atoms with Crippen molar-refractivity contribution in [2.24, 2.45) is 0 Å². The van der Waals surface area contributed by atoms with E-state index in [9.17, 15) is 9.18 Å². The van der Waals surface area contributed by atoms with Crippen molar-refractivity contribution < 1.29 is 18.7 Å². The third kappa shape index (κ3) is 5.20. The Hall–Kier alpha value is -3.87. The number of carbonyl (C=O) groups is 1. The summed E-state index contributed by atoms with van der Waals surface area (Å²) in [6, 6.07) is 22.1. The number of hydrogen-bond acceptors (Lipinski definition) is 4. The second kappa shape index (κ2) is 10.8. The van der Waals surface area contributed by atoms with Crippen LogP contribution in [-0.2, 0) is 17.9 Å². The molecule has 0 radical (unpaired) electrons. The van der Waals surface area contributed by atoms with E-state index in [1.54, 1.807) is 19.2 Å². The van der Waals surface area contributed by atoms with Gasteiger partial charge in [-0.05, 0) is 54.8 Å². The maximum Gasteiger partial charge on any atom is 0.223 e. The summed E-state index contributed by atoms with van der Waals surface area (Å²) in [5.41, 5.74) is 2.96. The van der Waals surface area contributed by atoms with Crippen LogP contribution < -0.4 is 9.47 Å². The van der Waals surface area contributed by atoms with Crippen LogP contribution in [0.15, 0.2) is 72.8 Å². The largest absolute Gasteiger partial charge is 0.493 e.